The Labute approximate surface area is 773 Å². The molecule has 0 spiro atoms. The number of ketones is 4. The molecule has 9 N–H and O–H groups in total. The van der Waals surface area contributed by atoms with Crippen molar-refractivity contribution in [2.24, 2.45) is 11.7 Å². The summed E-state index contributed by atoms with van der Waals surface area (Å²) in [4.78, 5) is 194. The van der Waals surface area contributed by atoms with E-state index in [2.05, 4.69) is 56.3 Å². The number of amides is 6. The zero-order valence-electron chi connectivity index (χ0n) is 75.6. The third kappa shape index (κ3) is 50.2. The van der Waals surface area contributed by atoms with Crippen LogP contribution < -0.4 is 37.6 Å². The average Bonchev–Trinajstić information content (AvgIpc) is 1.64. The minimum atomic E-state index is -1.35. The van der Waals surface area contributed by atoms with E-state index >= 15 is 0 Å². The first-order chi connectivity index (χ1) is 63.8. The maximum atomic E-state index is 12.1. The number of Topliss-reactive ketones (excluding diaryl/α,β-unsaturated/α-hetero) is 4. The Kier molecular flexibility index (Phi) is 56.4. The lowest BCUT2D eigenvalue weighted by atomic mass is 9.96. The molecule has 0 saturated heterocycles. The van der Waals surface area contributed by atoms with Gasteiger partial charge in [0.05, 0.1) is 56.5 Å². The van der Waals surface area contributed by atoms with Crippen molar-refractivity contribution in [2.45, 2.75) is 159 Å². The van der Waals surface area contributed by atoms with Gasteiger partial charge < -0.3 is 103 Å². The number of aryl methyl sites for hydroxylation is 3. The monoisotopic (exact) mass is 1870 g/mol. The summed E-state index contributed by atoms with van der Waals surface area (Å²) in [6.07, 6.45) is -2.07. The Bertz CT molecular complexity index is 4920. The quantitative estimate of drug-likeness (QED) is 0.00762. The summed E-state index contributed by atoms with van der Waals surface area (Å²) >= 11 is 5.65. The number of carboxylic acid groups (broad SMARTS) is 1. The largest absolute Gasteiger partial charge is 0.481 e. The van der Waals surface area contributed by atoms with Crippen LogP contribution in [-0.2, 0) is 138 Å². The number of esters is 5. The number of alkyl carbamates (subject to hydrolysis) is 5. The average molecular weight is 1880 g/mol. The number of benzene rings is 5. The number of nitrogens with zero attached hydrogens (tertiary/aromatic N) is 3. The number of fused-ring (bicyclic) bond motifs is 1. The summed E-state index contributed by atoms with van der Waals surface area (Å²) in [5.74, 6) is -4.78. The van der Waals surface area contributed by atoms with Crippen molar-refractivity contribution in [3.63, 3.8) is 0 Å². The fourth-order valence-corrected chi connectivity index (χ4v) is 10.8. The fraction of sp³-hybridized carbons (Fsp3) is 0.402. The van der Waals surface area contributed by atoms with E-state index in [-0.39, 0.29) is 160 Å². The van der Waals surface area contributed by atoms with Crippen LogP contribution >= 0.6 is 11.6 Å². The summed E-state index contributed by atoms with van der Waals surface area (Å²) < 4.78 is 64.3. The Morgan fingerprint density at radius 3 is 1.14 bits per heavy atom. The van der Waals surface area contributed by atoms with E-state index in [0.29, 0.717) is 67.4 Å². The molecular formula is C92H115ClN10O30. The number of oxazole rings is 3. The van der Waals surface area contributed by atoms with Crippen LogP contribution in [0.5, 0.6) is 0 Å². The SMILES string of the molecule is CCOC(=O)C(CC(C)=O)C(=O)CCNC(=O)OCc1ccccc1.CCOC(=O)C(Cl)C(=O)CCNC(=O)OCc1ccccc1.CCOC(=O)CC(=O)CCNC(=O)OCc1ccccc1.CCOC(=O)c1oc(C)nc1CCN.CCOC(=O)c1oc(C)nc1CCNC(=O)OCc1ccccc1.Cc1nc2c(o1)C(=O)NCC2.O=C(O)CCNC(=O)OCc1ccccc1. The van der Waals surface area contributed by atoms with Gasteiger partial charge in [-0.1, -0.05) is 152 Å². The van der Waals surface area contributed by atoms with E-state index in [9.17, 15) is 76.7 Å². The number of aromatic nitrogens is 3. The smallest absolute Gasteiger partial charge is 0.407 e. The van der Waals surface area contributed by atoms with E-state index in [4.69, 9.17) is 73.6 Å². The molecule has 0 aliphatic carbocycles. The molecular weight excluding hydrogens is 1760 g/mol. The molecule has 0 saturated carbocycles. The summed E-state index contributed by atoms with van der Waals surface area (Å²) in [5, 5.41) is 21.9. The van der Waals surface area contributed by atoms with Crippen molar-refractivity contribution in [2.75, 3.05) is 78.8 Å². The maximum absolute atomic E-state index is 12.1. The molecule has 1 aliphatic rings. The second kappa shape index (κ2) is 66.6. The van der Waals surface area contributed by atoms with E-state index in [0.717, 1.165) is 39.9 Å². The molecule has 0 bridgehead atoms. The van der Waals surface area contributed by atoms with E-state index in [1.165, 1.54) is 6.92 Å². The highest BCUT2D eigenvalue weighted by Gasteiger charge is 2.30. The minimum absolute atomic E-state index is 0.0142. The molecule has 8 aromatic rings. The van der Waals surface area contributed by atoms with Gasteiger partial charge in [0.1, 0.15) is 62.7 Å². The number of hydrogen-bond acceptors (Lipinski definition) is 33. The second-order valence-electron chi connectivity index (χ2n) is 27.4. The zero-order chi connectivity index (χ0) is 98.1. The Balaban J connectivity index is 0.000000405. The number of halogens is 1. The van der Waals surface area contributed by atoms with Crippen LogP contribution in [0.3, 0.4) is 0 Å². The van der Waals surface area contributed by atoms with Gasteiger partial charge in [-0.3, -0.25) is 38.4 Å². The number of nitrogens with one attached hydrogen (secondary N) is 6. The molecule has 3 aromatic heterocycles. The van der Waals surface area contributed by atoms with E-state index < -0.39 is 89.1 Å². The van der Waals surface area contributed by atoms with Gasteiger partial charge in [0.2, 0.25) is 17.3 Å². The number of aliphatic carboxylic acids is 1. The van der Waals surface area contributed by atoms with E-state index in [1.54, 1.807) is 55.4 Å². The minimum Gasteiger partial charge on any atom is -0.481 e. The molecule has 1 aliphatic heterocycles. The van der Waals surface area contributed by atoms with Gasteiger partial charge in [0, 0.05) is 105 Å². The molecule has 2 unspecified atom stereocenters. The van der Waals surface area contributed by atoms with Crippen LogP contribution in [0.1, 0.15) is 174 Å². The standard InChI is InChI=1S/C18H23NO6.C17H20N2O5.C15H18ClNO5.C15H19NO5.C11H13NO4.C9H14N2O3.C7H8N2O2/c1-3-24-17(22)15(11-13(2)20)16(21)9-10-19-18(23)25-12-14-7-5-4-6-8-14;1-3-22-16(20)15-14(19-12(2)24-15)9-10-18-17(21)23-11-13-7-5-4-6-8-13;1-2-21-14(19)13(16)12(18)8-9-17-15(20)22-10-11-6-4-3-5-7-11;1-2-20-14(18)10-13(17)8-9-16-15(19)21-11-12-6-4-3-5-7-12;13-10(14)6-7-12-11(15)16-8-9-4-2-1-3-5-9;1-3-13-9(12)8-7(4-5-10)11-6(2)14-8;1-4-9-5-2-3-8-7(10)6(5)11-4/h4-8,15H,3,9-12H2,1-2H3,(H,19,23);4-8H,3,9-11H2,1-2H3,(H,18,21);3-7,13H,2,8-10H2,1H3,(H,17,20);3-7H,2,8-11H2,1H3,(H,16,19);1-5H,6-8H2,(H,12,15)(H,13,14);3-5,10H2,1-2H3;2-3H2,1H3,(H,8,10). The van der Waals surface area contributed by atoms with Crippen LogP contribution in [0, 0.1) is 26.7 Å². The highest BCUT2D eigenvalue weighted by Crippen LogP contribution is 2.18. The Morgan fingerprint density at radius 1 is 0.436 bits per heavy atom. The molecule has 133 heavy (non-hydrogen) atoms. The number of ether oxygens (including phenoxy) is 10. The van der Waals surface area contributed by atoms with Crippen LogP contribution in [0.15, 0.2) is 165 Å². The fourth-order valence-electron chi connectivity index (χ4n) is 10.6. The Hall–Kier alpha value is -14.7. The molecule has 0 radical (unpaired) electrons. The van der Waals surface area contributed by atoms with Crippen LogP contribution in [0.4, 0.5) is 24.0 Å². The predicted molar refractivity (Wildman–Crippen MR) is 475 cm³/mol. The summed E-state index contributed by atoms with van der Waals surface area (Å²) in [6, 6.07) is 46.3. The van der Waals surface area contributed by atoms with Crippen LogP contribution in [0.25, 0.3) is 0 Å². The molecule has 6 amide bonds. The lowest BCUT2D eigenvalue weighted by Crippen LogP contribution is -2.32. The zero-order valence-corrected chi connectivity index (χ0v) is 76.3. The van der Waals surface area contributed by atoms with Gasteiger partial charge in [0.15, 0.2) is 28.8 Å². The van der Waals surface area contributed by atoms with Crippen molar-refractivity contribution >= 4 is 107 Å². The second-order valence-corrected chi connectivity index (χ2v) is 27.8. The van der Waals surface area contributed by atoms with Gasteiger partial charge in [-0.25, -0.2) is 53.3 Å². The molecule has 4 heterocycles. The normalized spacial score (nSPS) is 10.9. The van der Waals surface area contributed by atoms with E-state index in [1.807, 2.05) is 152 Å². The third-order valence-electron chi connectivity index (χ3n) is 16.7. The first kappa shape index (κ1) is 112. The van der Waals surface area contributed by atoms with Crippen molar-refractivity contribution in [1.82, 2.24) is 46.9 Å². The number of carboxylic acids is 1. The highest BCUT2D eigenvalue weighted by molar-refractivity contribution is 6.41. The van der Waals surface area contributed by atoms with Crippen molar-refractivity contribution in [1.29, 1.82) is 0 Å². The number of alkyl halides is 1. The first-order valence-electron chi connectivity index (χ1n) is 42.2. The van der Waals surface area contributed by atoms with Gasteiger partial charge in [-0.15, -0.1) is 11.6 Å². The molecule has 9 rings (SSSR count). The van der Waals surface area contributed by atoms with Gasteiger partial charge in [-0.05, 0) is 75.9 Å². The van der Waals surface area contributed by atoms with Crippen molar-refractivity contribution in [3.8, 4) is 0 Å². The topological polar surface area (TPSA) is 562 Å². The number of carbonyl (C=O) groups excluding carboxylic acids is 15. The lowest BCUT2D eigenvalue weighted by molar-refractivity contribution is -0.153. The first-order valence-corrected chi connectivity index (χ1v) is 42.6. The lowest BCUT2D eigenvalue weighted by Gasteiger charge is -2.13. The van der Waals surface area contributed by atoms with Crippen LogP contribution in [-0.4, -0.2) is 200 Å². The summed E-state index contributed by atoms with van der Waals surface area (Å²) in [6.45, 7) is 18.3. The van der Waals surface area contributed by atoms with Crippen molar-refractivity contribution < 1.29 is 142 Å². The molecule has 720 valence electrons. The third-order valence-corrected chi connectivity index (χ3v) is 17.1. The predicted octanol–water partition coefficient (Wildman–Crippen LogP) is 10.8. The van der Waals surface area contributed by atoms with Gasteiger partial charge in [0.25, 0.3) is 5.91 Å². The number of nitrogens with two attached hydrogens (primary N) is 1. The number of carbonyl (C=O) groups is 16. The molecule has 41 heteroatoms. The summed E-state index contributed by atoms with van der Waals surface area (Å²) in [5.41, 5.74) is 11.6. The number of hydrogen-bond donors (Lipinski definition) is 8. The number of rotatable bonds is 42. The highest BCUT2D eigenvalue weighted by atomic mass is 35.5. The van der Waals surface area contributed by atoms with Crippen molar-refractivity contribution in [3.05, 3.63) is 232 Å². The maximum Gasteiger partial charge on any atom is 0.407 e. The van der Waals surface area contributed by atoms with Gasteiger partial charge >= 0.3 is 66.3 Å². The summed E-state index contributed by atoms with van der Waals surface area (Å²) in [7, 11) is 0. The van der Waals surface area contributed by atoms with Gasteiger partial charge in [-0.2, -0.15) is 0 Å². The molecule has 40 nitrogen and oxygen atoms in total. The molecule has 2 atom stereocenters. The molecule has 0 fully saturated rings. The Morgan fingerprint density at radius 2 is 0.782 bits per heavy atom. The molecule has 5 aromatic carbocycles. The van der Waals surface area contributed by atoms with Crippen LogP contribution in [0.2, 0.25) is 0 Å².